The van der Waals surface area contributed by atoms with E-state index in [4.69, 9.17) is 4.74 Å². The molecule has 0 unspecified atom stereocenters. The van der Waals surface area contributed by atoms with Crippen molar-refractivity contribution in [2.24, 2.45) is 5.92 Å². The van der Waals surface area contributed by atoms with Crippen molar-refractivity contribution in [2.75, 3.05) is 6.61 Å². The summed E-state index contributed by atoms with van der Waals surface area (Å²) >= 11 is 0. The molecule has 22 heavy (non-hydrogen) atoms. The zero-order valence-electron chi connectivity index (χ0n) is 13.4. The zero-order valence-corrected chi connectivity index (χ0v) is 13.4. The van der Waals surface area contributed by atoms with E-state index in [2.05, 4.69) is 12.2 Å². The van der Waals surface area contributed by atoms with E-state index in [1.807, 2.05) is 0 Å². The van der Waals surface area contributed by atoms with Crippen LogP contribution in [0.1, 0.15) is 50.4 Å². The number of nitrogens with one attached hydrogen (secondary N) is 1. The Balaban J connectivity index is 2.58. The summed E-state index contributed by atoms with van der Waals surface area (Å²) in [5.74, 6) is -1.25. The molecule has 1 aromatic carbocycles. The average molecular weight is 306 g/mol. The van der Waals surface area contributed by atoms with E-state index in [9.17, 15) is 14.7 Å². The molecule has 0 saturated carbocycles. The fourth-order valence-corrected chi connectivity index (χ4v) is 1.97. The summed E-state index contributed by atoms with van der Waals surface area (Å²) in [6.45, 7) is 6.21. The van der Waals surface area contributed by atoms with E-state index in [0.717, 1.165) is 19.3 Å². The van der Waals surface area contributed by atoms with Crippen LogP contribution in [0.25, 0.3) is 0 Å². The summed E-state index contributed by atoms with van der Waals surface area (Å²) in [7, 11) is 0. The molecule has 0 spiro atoms. The first-order valence-electron chi connectivity index (χ1n) is 7.70. The van der Waals surface area contributed by atoms with E-state index in [1.165, 1.54) is 0 Å². The molecule has 0 aliphatic heterocycles. The highest BCUT2D eigenvalue weighted by Gasteiger charge is 2.18. The Kier molecular flexibility index (Phi) is 7.43. The molecule has 0 fully saturated rings. The number of hydrogen-bond acceptors (Lipinski definition) is 4. The number of carbonyl (C=O) groups is 2. The standard InChI is InChI=1S/C17H25NO4/c1-4-5-6-11-22-14-9-7-13(8-10-14)16(19)18-15(12(2)3)17(20)21/h7-10,12,15H,4-6,11H2,1-3H3,(H,18,19)(H,20,21)/p-1/t15-/m0/s1. The van der Waals surface area contributed by atoms with E-state index in [1.54, 1.807) is 38.1 Å². The lowest BCUT2D eigenvalue weighted by molar-refractivity contribution is -0.309. The van der Waals surface area contributed by atoms with Crippen molar-refractivity contribution in [3.8, 4) is 5.75 Å². The van der Waals surface area contributed by atoms with E-state index < -0.39 is 17.9 Å². The van der Waals surface area contributed by atoms with Crippen molar-refractivity contribution in [3.05, 3.63) is 29.8 Å². The molecule has 0 heterocycles. The normalized spacial score (nSPS) is 12.0. The largest absolute Gasteiger partial charge is 0.548 e. The second kappa shape index (κ2) is 9.07. The molecule has 1 amide bonds. The Labute approximate surface area is 131 Å². The molecule has 0 saturated heterocycles. The van der Waals surface area contributed by atoms with Crippen molar-refractivity contribution in [1.82, 2.24) is 5.32 Å². The maximum absolute atomic E-state index is 12.0. The Morgan fingerprint density at radius 1 is 1.18 bits per heavy atom. The van der Waals surface area contributed by atoms with Gasteiger partial charge in [0.1, 0.15) is 5.75 Å². The van der Waals surface area contributed by atoms with Crippen molar-refractivity contribution in [1.29, 1.82) is 0 Å². The van der Waals surface area contributed by atoms with E-state index in [-0.39, 0.29) is 5.92 Å². The number of hydrogen-bond donors (Lipinski definition) is 1. The maximum atomic E-state index is 12.0. The Bertz CT molecular complexity index is 482. The third-order valence-corrected chi connectivity index (χ3v) is 3.34. The molecule has 0 aliphatic carbocycles. The number of ether oxygens (including phenoxy) is 1. The SMILES string of the molecule is CCCCCOc1ccc(C(=O)N[C@H](C(=O)[O-])C(C)C)cc1. The molecule has 5 heteroatoms. The molecule has 0 aliphatic rings. The van der Waals surface area contributed by atoms with Gasteiger partial charge in [-0.2, -0.15) is 0 Å². The van der Waals surface area contributed by atoms with Gasteiger partial charge in [0.05, 0.1) is 18.6 Å². The minimum absolute atomic E-state index is 0.241. The van der Waals surface area contributed by atoms with Crippen LogP contribution >= 0.6 is 0 Å². The molecular formula is C17H24NO4-. The predicted molar refractivity (Wildman–Crippen MR) is 82.6 cm³/mol. The molecule has 122 valence electrons. The molecule has 0 bridgehead atoms. The summed E-state index contributed by atoms with van der Waals surface area (Å²) in [6, 6.07) is 5.67. The minimum Gasteiger partial charge on any atom is -0.548 e. The number of carboxylic acid groups (broad SMARTS) is 1. The number of carboxylic acids is 1. The third kappa shape index (κ3) is 5.76. The van der Waals surface area contributed by atoms with Crippen LogP contribution in [-0.2, 0) is 4.79 Å². The van der Waals surface area contributed by atoms with Gasteiger partial charge in [0.15, 0.2) is 0 Å². The van der Waals surface area contributed by atoms with Gasteiger partial charge in [0.2, 0.25) is 0 Å². The van der Waals surface area contributed by atoms with Crippen molar-refractivity contribution >= 4 is 11.9 Å². The highest BCUT2D eigenvalue weighted by Crippen LogP contribution is 2.13. The first kappa shape index (κ1) is 18.0. The van der Waals surface area contributed by atoms with Crippen molar-refractivity contribution < 1.29 is 19.4 Å². The lowest BCUT2D eigenvalue weighted by Crippen LogP contribution is -2.50. The molecule has 1 atom stereocenters. The molecular weight excluding hydrogens is 282 g/mol. The lowest BCUT2D eigenvalue weighted by atomic mass is 10.0. The van der Waals surface area contributed by atoms with Gasteiger partial charge in [-0.15, -0.1) is 0 Å². The summed E-state index contributed by atoms with van der Waals surface area (Å²) in [6.07, 6.45) is 3.26. The van der Waals surface area contributed by atoms with Crippen molar-refractivity contribution in [2.45, 2.75) is 46.1 Å². The van der Waals surface area contributed by atoms with Crippen LogP contribution in [0.4, 0.5) is 0 Å². The Hall–Kier alpha value is -2.04. The van der Waals surface area contributed by atoms with Crippen LogP contribution in [0.3, 0.4) is 0 Å². The topological polar surface area (TPSA) is 78.5 Å². The van der Waals surface area contributed by atoms with Crippen LogP contribution in [0.2, 0.25) is 0 Å². The first-order valence-corrected chi connectivity index (χ1v) is 7.70. The van der Waals surface area contributed by atoms with E-state index >= 15 is 0 Å². The van der Waals surface area contributed by atoms with Gasteiger partial charge in [0.25, 0.3) is 5.91 Å². The van der Waals surface area contributed by atoms with Gasteiger partial charge >= 0.3 is 0 Å². The van der Waals surface area contributed by atoms with Gasteiger partial charge in [-0.05, 0) is 36.6 Å². The molecule has 5 nitrogen and oxygen atoms in total. The molecule has 0 radical (unpaired) electrons. The lowest BCUT2D eigenvalue weighted by Gasteiger charge is -2.23. The monoisotopic (exact) mass is 306 g/mol. The summed E-state index contributed by atoms with van der Waals surface area (Å²) in [4.78, 5) is 23.0. The molecule has 1 aromatic rings. The number of carbonyl (C=O) groups excluding carboxylic acids is 2. The summed E-state index contributed by atoms with van der Waals surface area (Å²) < 4.78 is 5.56. The van der Waals surface area contributed by atoms with Gasteiger partial charge in [-0.3, -0.25) is 4.79 Å². The van der Waals surface area contributed by atoms with Crippen molar-refractivity contribution in [3.63, 3.8) is 0 Å². The van der Waals surface area contributed by atoms with Gasteiger partial charge < -0.3 is 20.0 Å². The fraction of sp³-hybridized carbons (Fsp3) is 0.529. The van der Waals surface area contributed by atoms with E-state index in [0.29, 0.717) is 17.9 Å². The number of amides is 1. The molecule has 1 rings (SSSR count). The fourth-order valence-electron chi connectivity index (χ4n) is 1.97. The number of rotatable bonds is 9. The molecule has 0 aromatic heterocycles. The van der Waals surface area contributed by atoms with Crippen LogP contribution in [-0.4, -0.2) is 24.5 Å². The van der Waals surface area contributed by atoms with Gasteiger partial charge in [-0.25, -0.2) is 0 Å². The number of unbranched alkanes of at least 4 members (excludes halogenated alkanes) is 2. The Morgan fingerprint density at radius 3 is 2.32 bits per heavy atom. The van der Waals surface area contributed by atoms with Crippen LogP contribution in [0.5, 0.6) is 5.75 Å². The average Bonchev–Trinajstić information content (AvgIpc) is 2.49. The van der Waals surface area contributed by atoms with Crippen LogP contribution in [0.15, 0.2) is 24.3 Å². The second-order valence-corrected chi connectivity index (χ2v) is 5.59. The highest BCUT2D eigenvalue weighted by molar-refractivity contribution is 5.96. The Morgan fingerprint density at radius 2 is 1.82 bits per heavy atom. The smallest absolute Gasteiger partial charge is 0.251 e. The predicted octanol–water partition coefficient (Wildman–Crippen LogP) is 1.76. The van der Waals surface area contributed by atoms with Crippen LogP contribution in [0, 0.1) is 5.92 Å². The summed E-state index contributed by atoms with van der Waals surface area (Å²) in [5, 5.41) is 13.5. The molecule has 1 N–H and O–H groups in total. The first-order chi connectivity index (χ1) is 10.5. The highest BCUT2D eigenvalue weighted by atomic mass is 16.5. The zero-order chi connectivity index (χ0) is 16.5. The minimum atomic E-state index is -1.28. The summed E-state index contributed by atoms with van der Waals surface area (Å²) in [5.41, 5.74) is 0.396. The van der Waals surface area contributed by atoms with Gasteiger partial charge in [0, 0.05) is 5.56 Å². The maximum Gasteiger partial charge on any atom is 0.251 e. The van der Waals surface area contributed by atoms with Gasteiger partial charge in [-0.1, -0.05) is 33.6 Å². The third-order valence-electron chi connectivity index (χ3n) is 3.34. The number of benzene rings is 1. The quantitative estimate of drug-likeness (QED) is 0.705. The second-order valence-electron chi connectivity index (χ2n) is 5.59. The number of aliphatic carboxylic acids is 1. The van der Waals surface area contributed by atoms with Crippen LogP contribution < -0.4 is 15.2 Å².